The first-order valence-corrected chi connectivity index (χ1v) is 8.99. The Hall–Kier alpha value is -2.10. The Kier molecular flexibility index (Phi) is 4.36. The fraction of sp³-hybridized carbons (Fsp3) is 0.286. The number of ether oxygens (including phenoxy) is 1. The monoisotopic (exact) mass is 353 g/mol. The second kappa shape index (κ2) is 6.66. The van der Waals surface area contributed by atoms with Crippen molar-refractivity contribution in [3.63, 3.8) is 0 Å². The Labute approximate surface area is 152 Å². The minimum Gasteiger partial charge on any atom is -0.365 e. The van der Waals surface area contributed by atoms with Gasteiger partial charge in [-0.1, -0.05) is 48.0 Å². The van der Waals surface area contributed by atoms with Crippen LogP contribution in [0.5, 0.6) is 0 Å². The summed E-state index contributed by atoms with van der Waals surface area (Å²) in [5, 5.41) is 0.673. The van der Waals surface area contributed by atoms with Gasteiger partial charge in [0, 0.05) is 24.2 Å². The maximum absolute atomic E-state index is 12.5. The Balaban J connectivity index is 1.41. The van der Waals surface area contributed by atoms with Crippen LogP contribution in [0.25, 0.3) is 6.08 Å². The van der Waals surface area contributed by atoms with Crippen molar-refractivity contribution in [2.75, 3.05) is 13.1 Å². The molecule has 0 atom stereocenters. The van der Waals surface area contributed by atoms with Gasteiger partial charge in [-0.25, -0.2) is 0 Å². The van der Waals surface area contributed by atoms with Crippen LogP contribution in [-0.4, -0.2) is 23.9 Å². The van der Waals surface area contributed by atoms with Crippen molar-refractivity contribution in [1.29, 1.82) is 0 Å². The summed E-state index contributed by atoms with van der Waals surface area (Å²) >= 11 is 5.98. The van der Waals surface area contributed by atoms with E-state index in [1.54, 1.807) is 6.08 Å². The molecule has 0 aliphatic carbocycles. The zero-order chi connectivity index (χ0) is 17.3. The molecule has 0 aromatic heterocycles. The number of piperidine rings is 1. The van der Waals surface area contributed by atoms with Gasteiger partial charge in [0.05, 0.1) is 12.2 Å². The molecule has 3 nitrogen and oxygen atoms in total. The highest BCUT2D eigenvalue weighted by Gasteiger charge is 2.42. The number of amides is 1. The van der Waals surface area contributed by atoms with Crippen molar-refractivity contribution in [3.8, 4) is 0 Å². The number of carbonyl (C=O) groups is 1. The number of likely N-dealkylation sites (tertiary alicyclic amines) is 1. The second-order valence-electron chi connectivity index (χ2n) is 6.65. The summed E-state index contributed by atoms with van der Waals surface area (Å²) in [5.74, 6) is 0.0427. The van der Waals surface area contributed by atoms with E-state index in [-0.39, 0.29) is 11.5 Å². The Bertz CT molecular complexity index is 822. The molecular weight excluding hydrogens is 334 g/mol. The largest absolute Gasteiger partial charge is 0.365 e. The van der Waals surface area contributed by atoms with E-state index in [1.165, 1.54) is 11.1 Å². The van der Waals surface area contributed by atoms with Gasteiger partial charge in [-0.05, 0) is 47.7 Å². The molecule has 2 aliphatic rings. The van der Waals surface area contributed by atoms with Crippen molar-refractivity contribution < 1.29 is 9.53 Å². The van der Waals surface area contributed by atoms with Crippen LogP contribution in [0.15, 0.2) is 54.6 Å². The highest BCUT2D eigenvalue weighted by molar-refractivity contribution is 6.30. The Morgan fingerprint density at radius 1 is 1.12 bits per heavy atom. The molecular formula is C21H20ClNO2. The van der Waals surface area contributed by atoms with E-state index in [0.717, 1.165) is 18.4 Å². The van der Waals surface area contributed by atoms with E-state index in [0.29, 0.717) is 24.7 Å². The normalized spacial score (nSPS) is 18.7. The molecule has 2 aromatic carbocycles. The SMILES string of the molecule is O=C(C=Cc1cccc(Cl)c1)N1CCC2(CC1)OCc1ccccc12. The van der Waals surface area contributed by atoms with E-state index >= 15 is 0 Å². The van der Waals surface area contributed by atoms with Crippen LogP contribution < -0.4 is 0 Å². The van der Waals surface area contributed by atoms with Gasteiger partial charge in [0.2, 0.25) is 5.91 Å². The molecule has 1 saturated heterocycles. The highest BCUT2D eigenvalue weighted by Crippen LogP contribution is 2.43. The molecule has 2 heterocycles. The van der Waals surface area contributed by atoms with Gasteiger partial charge in [0.25, 0.3) is 0 Å². The minimum atomic E-state index is -0.204. The van der Waals surface area contributed by atoms with Crippen molar-refractivity contribution in [2.24, 2.45) is 0 Å². The summed E-state index contributed by atoms with van der Waals surface area (Å²) in [6.45, 7) is 2.11. The lowest BCUT2D eigenvalue weighted by molar-refractivity contribution is -0.133. The van der Waals surface area contributed by atoms with E-state index in [9.17, 15) is 4.79 Å². The number of hydrogen-bond acceptors (Lipinski definition) is 2. The summed E-state index contributed by atoms with van der Waals surface area (Å²) in [4.78, 5) is 14.4. The van der Waals surface area contributed by atoms with Crippen LogP contribution in [0.1, 0.15) is 29.5 Å². The molecule has 25 heavy (non-hydrogen) atoms. The van der Waals surface area contributed by atoms with Crippen molar-refractivity contribution in [3.05, 3.63) is 76.3 Å². The van der Waals surface area contributed by atoms with Gasteiger partial charge >= 0.3 is 0 Å². The lowest BCUT2D eigenvalue weighted by Gasteiger charge is -2.39. The van der Waals surface area contributed by atoms with Gasteiger partial charge in [-0.15, -0.1) is 0 Å². The number of benzene rings is 2. The fourth-order valence-electron chi connectivity index (χ4n) is 3.77. The fourth-order valence-corrected chi connectivity index (χ4v) is 3.97. The van der Waals surface area contributed by atoms with Crippen LogP contribution in [0.4, 0.5) is 0 Å². The van der Waals surface area contributed by atoms with Crippen molar-refractivity contribution in [2.45, 2.75) is 25.0 Å². The number of nitrogens with zero attached hydrogens (tertiary/aromatic N) is 1. The van der Waals surface area contributed by atoms with E-state index in [4.69, 9.17) is 16.3 Å². The van der Waals surface area contributed by atoms with E-state index in [1.807, 2.05) is 35.2 Å². The number of carbonyl (C=O) groups excluding carboxylic acids is 1. The highest BCUT2D eigenvalue weighted by atomic mass is 35.5. The lowest BCUT2D eigenvalue weighted by Crippen LogP contribution is -2.44. The van der Waals surface area contributed by atoms with Crippen LogP contribution in [0, 0.1) is 0 Å². The third-order valence-corrected chi connectivity index (χ3v) is 5.40. The summed E-state index contributed by atoms with van der Waals surface area (Å²) < 4.78 is 6.15. The van der Waals surface area contributed by atoms with Crippen molar-refractivity contribution >= 4 is 23.6 Å². The molecule has 2 aromatic rings. The molecule has 1 amide bonds. The molecule has 0 unspecified atom stereocenters. The van der Waals surface area contributed by atoms with Crippen LogP contribution in [0.3, 0.4) is 0 Å². The van der Waals surface area contributed by atoms with E-state index < -0.39 is 0 Å². The minimum absolute atomic E-state index is 0.0427. The average molecular weight is 354 g/mol. The molecule has 0 saturated carbocycles. The molecule has 4 heteroatoms. The summed E-state index contributed by atoms with van der Waals surface area (Å²) in [6, 6.07) is 15.9. The summed E-state index contributed by atoms with van der Waals surface area (Å²) in [5.41, 5.74) is 3.31. The zero-order valence-electron chi connectivity index (χ0n) is 14.0. The first-order valence-electron chi connectivity index (χ1n) is 8.61. The lowest BCUT2D eigenvalue weighted by atomic mass is 9.84. The maximum atomic E-state index is 12.5. The third-order valence-electron chi connectivity index (χ3n) is 5.16. The predicted molar refractivity (Wildman–Crippen MR) is 99.2 cm³/mol. The molecule has 0 radical (unpaired) electrons. The summed E-state index contributed by atoms with van der Waals surface area (Å²) in [6.07, 6.45) is 5.15. The Morgan fingerprint density at radius 3 is 2.72 bits per heavy atom. The van der Waals surface area contributed by atoms with Crippen molar-refractivity contribution in [1.82, 2.24) is 4.90 Å². The maximum Gasteiger partial charge on any atom is 0.246 e. The first-order chi connectivity index (χ1) is 12.2. The van der Waals surface area contributed by atoms with Gasteiger partial charge in [-0.3, -0.25) is 4.79 Å². The molecule has 4 rings (SSSR count). The van der Waals surface area contributed by atoms with Crippen LogP contribution in [-0.2, 0) is 21.7 Å². The van der Waals surface area contributed by atoms with Crippen LogP contribution >= 0.6 is 11.6 Å². The molecule has 1 spiro atoms. The molecule has 1 fully saturated rings. The number of hydrogen-bond donors (Lipinski definition) is 0. The Morgan fingerprint density at radius 2 is 1.92 bits per heavy atom. The molecule has 2 aliphatic heterocycles. The van der Waals surface area contributed by atoms with E-state index in [2.05, 4.69) is 24.3 Å². The first kappa shape index (κ1) is 16.4. The molecule has 128 valence electrons. The topological polar surface area (TPSA) is 29.5 Å². The second-order valence-corrected chi connectivity index (χ2v) is 7.09. The molecule has 0 N–H and O–H groups in total. The predicted octanol–water partition coefficient (Wildman–Crippen LogP) is 4.40. The number of halogens is 1. The number of rotatable bonds is 2. The van der Waals surface area contributed by atoms with Crippen LogP contribution in [0.2, 0.25) is 5.02 Å². The van der Waals surface area contributed by atoms with Gasteiger partial charge in [0.15, 0.2) is 0 Å². The van der Waals surface area contributed by atoms with Gasteiger partial charge < -0.3 is 9.64 Å². The summed E-state index contributed by atoms with van der Waals surface area (Å²) in [7, 11) is 0. The quantitative estimate of drug-likeness (QED) is 0.749. The third kappa shape index (κ3) is 3.22. The van der Waals surface area contributed by atoms with Gasteiger partial charge in [0.1, 0.15) is 0 Å². The van der Waals surface area contributed by atoms with Gasteiger partial charge in [-0.2, -0.15) is 0 Å². The number of fused-ring (bicyclic) bond motifs is 2. The molecule has 0 bridgehead atoms. The average Bonchev–Trinajstić information content (AvgIpc) is 2.99. The standard InChI is InChI=1S/C21H20ClNO2/c22-18-6-3-4-16(14-18)8-9-20(24)23-12-10-21(11-13-23)19-7-2-1-5-17(19)15-25-21/h1-9,14H,10-13,15H2. The zero-order valence-corrected chi connectivity index (χ0v) is 14.7. The smallest absolute Gasteiger partial charge is 0.246 e.